The quantitative estimate of drug-likeness (QED) is 0.897. The van der Waals surface area contributed by atoms with Crippen LogP contribution in [0.3, 0.4) is 0 Å². The van der Waals surface area contributed by atoms with Crippen molar-refractivity contribution in [3.63, 3.8) is 0 Å². The molecule has 3 nitrogen and oxygen atoms in total. The number of aliphatic carboxylic acids is 1. The summed E-state index contributed by atoms with van der Waals surface area (Å²) in [7, 11) is 1.62. The second-order valence-electron chi connectivity index (χ2n) is 4.96. The maximum absolute atomic E-state index is 10.6. The predicted octanol–water partition coefficient (Wildman–Crippen LogP) is 3.63. The lowest BCUT2D eigenvalue weighted by molar-refractivity contribution is -0.137. The van der Waals surface area contributed by atoms with Crippen molar-refractivity contribution in [1.29, 1.82) is 0 Å². The number of hydrogen-bond donors (Lipinski definition) is 1. The Balaban J connectivity index is 2.31. The third-order valence-corrected chi connectivity index (χ3v) is 3.97. The minimum Gasteiger partial charge on any atom is -0.495 e. The molecule has 1 aliphatic carbocycles. The molecule has 4 heteroatoms. The number of halogens is 1. The van der Waals surface area contributed by atoms with Gasteiger partial charge in [0.2, 0.25) is 0 Å². The molecule has 0 spiro atoms. The van der Waals surface area contributed by atoms with Crippen LogP contribution in [0, 0.1) is 0 Å². The molecular formula is C15H19ClO3. The SMILES string of the molecule is COc1c(Cl)cc2c(c1CCCC(=O)O)CCCC2. The highest BCUT2D eigenvalue weighted by Crippen LogP contribution is 2.38. The van der Waals surface area contributed by atoms with E-state index < -0.39 is 5.97 Å². The molecule has 0 unspecified atom stereocenters. The lowest BCUT2D eigenvalue weighted by Crippen LogP contribution is -2.09. The number of carbonyl (C=O) groups is 1. The monoisotopic (exact) mass is 282 g/mol. The summed E-state index contributed by atoms with van der Waals surface area (Å²) in [6.07, 6.45) is 6.02. The summed E-state index contributed by atoms with van der Waals surface area (Å²) in [6.45, 7) is 0. The Bertz CT molecular complexity index is 483. The summed E-state index contributed by atoms with van der Waals surface area (Å²) in [5.41, 5.74) is 3.76. The Morgan fingerprint density at radius 3 is 2.84 bits per heavy atom. The van der Waals surface area contributed by atoms with E-state index in [1.165, 1.54) is 24.0 Å². The number of carboxylic acid groups (broad SMARTS) is 1. The van der Waals surface area contributed by atoms with Crippen molar-refractivity contribution in [3.05, 3.63) is 27.8 Å². The van der Waals surface area contributed by atoms with E-state index in [9.17, 15) is 4.79 Å². The Hall–Kier alpha value is -1.22. The molecule has 0 bridgehead atoms. The molecule has 0 atom stereocenters. The maximum atomic E-state index is 10.6. The van der Waals surface area contributed by atoms with Gasteiger partial charge in [-0.2, -0.15) is 0 Å². The van der Waals surface area contributed by atoms with Gasteiger partial charge in [-0.25, -0.2) is 0 Å². The summed E-state index contributed by atoms with van der Waals surface area (Å²) in [5, 5.41) is 9.40. The first-order valence-corrected chi connectivity index (χ1v) is 7.10. The van der Waals surface area contributed by atoms with Gasteiger partial charge in [-0.15, -0.1) is 0 Å². The molecule has 2 rings (SSSR count). The van der Waals surface area contributed by atoms with Crippen LogP contribution in [0.1, 0.15) is 42.4 Å². The van der Waals surface area contributed by atoms with Crippen molar-refractivity contribution in [3.8, 4) is 5.75 Å². The van der Waals surface area contributed by atoms with E-state index in [1.54, 1.807) is 7.11 Å². The standard InChI is InChI=1S/C15H19ClO3/c1-19-15-12(7-4-8-14(17)18)11-6-3-2-5-10(11)9-13(15)16/h9H,2-8H2,1H3,(H,17,18). The zero-order valence-corrected chi connectivity index (χ0v) is 11.9. The third kappa shape index (κ3) is 3.21. The van der Waals surface area contributed by atoms with Crippen molar-refractivity contribution in [2.75, 3.05) is 7.11 Å². The van der Waals surface area contributed by atoms with E-state index in [2.05, 4.69) is 0 Å². The fourth-order valence-corrected chi connectivity index (χ4v) is 3.16. The van der Waals surface area contributed by atoms with E-state index in [4.69, 9.17) is 21.4 Å². The molecular weight excluding hydrogens is 264 g/mol. The number of hydrogen-bond acceptors (Lipinski definition) is 2. The highest BCUT2D eigenvalue weighted by atomic mass is 35.5. The van der Waals surface area contributed by atoms with Gasteiger partial charge in [0.25, 0.3) is 0 Å². The molecule has 1 aromatic rings. The Labute approximate surface area is 118 Å². The highest BCUT2D eigenvalue weighted by Gasteiger charge is 2.20. The predicted molar refractivity (Wildman–Crippen MR) is 75.2 cm³/mol. The number of carboxylic acids is 1. The molecule has 104 valence electrons. The van der Waals surface area contributed by atoms with Gasteiger partial charge in [0.05, 0.1) is 12.1 Å². The number of methoxy groups -OCH3 is 1. The zero-order chi connectivity index (χ0) is 13.8. The van der Waals surface area contributed by atoms with Gasteiger partial charge in [-0.3, -0.25) is 4.79 Å². The van der Waals surface area contributed by atoms with Gasteiger partial charge in [-0.05, 0) is 61.3 Å². The summed E-state index contributed by atoms with van der Waals surface area (Å²) in [4.78, 5) is 10.6. The number of fused-ring (bicyclic) bond motifs is 1. The second-order valence-corrected chi connectivity index (χ2v) is 5.37. The van der Waals surface area contributed by atoms with Crippen LogP contribution in [0.5, 0.6) is 5.75 Å². The van der Waals surface area contributed by atoms with Crippen LogP contribution in [0.2, 0.25) is 5.02 Å². The lowest BCUT2D eigenvalue weighted by Gasteiger charge is -2.22. The summed E-state index contributed by atoms with van der Waals surface area (Å²) in [5.74, 6) is -0.0254. The normalized spacial score (nSPS) is 14.0. The average molecular weight is 283 g/mol. The van der Waals surface area contributed by atoms with E-state index in [1.807, 2.05) is 6.07 Å². The Morgan fingerprint density at radius 2 is 2.16 bits per heavy atom. The average Bonchev–Trinajstić information content (AvgIpc) is 2.38. The molecule has 1 N–H and O–H groups in total. The Kier molecular flexibility index (Phi) is 4.70. The first kappa shape index (κ1) is 14.2. The molecule has 0 radical (unpaired) electrons. The smallest absolute Gasteiger partial charge is 0.303 e. The van der Waals surface area contributed by atoms with E-state index in [0.29, 0.717) is 11.4 Å². The molecule has 0 aromatic heterocycles. The number of ether oxygens (including phenoxy) is 1. The largest absolute Gasteiger partial charge is 0.495 e. The van der Waals surface area contributed by atoms with Gasteiger partial charge in [0, 0.05) is 6.42 Å². The first-order chi connectivity index (χ1) is 9.13. The molecule has 0 saturated carbocycles. The van der Waals surface area contributed by atoms with Crippen LogP contribution in [-0.4, -0.2) is 18.2 Å². The van der Waals surface area contributed by atoms with Crippen LogP contribution in [0.15, 0.2) is 6.07 Å². The van der Waals surface area contributed by atoms with Crippen LogP contribution < -0.4 is 4.74 Å². The molecule has 0 aliphatic heterocycles. The molecule has 19 heavy (non-hydrogen) atoms. The minimum absolute atomic E-state index is 0.185. The third-order valence-electron chi connectivity index (χ3n) is 3.69. The fraction of sp³-hybridized carbons (Fsp3) is 0.533. The van der Waals surface area contributed by atoms with Crippen molar-refractivity contribution >= 4 is 17.6 Å². The highest BCUT2D eigenvalue weighted by molar-refractivity contribution is 6.32. The summed E-state index contributed by atoms with van der Waals surface area (Å²) >= 11 is 6.27. The van der Waals surface area contributed by atoms with Crippen molar-refractivity contribution in [2.24, 2.45) is 0 Å². The molecule has 0 amide bonds. The fourth-order valence-electron chi connectivity index (χ4n) is 2.83. The van der Waals surface area contributed by atoms with Gasteiger partial charge in [-0.1, -0.05) is 11.6 Å². The van der Waals surface area contributed by atoms with E-state index in [-0.39, 0.29) is 6.42 Å². The second kappa shape index (κ2) is 6.29. The summed E-state index contributed by atoms with van der Waals surface area (Å²) in [6, 6.07) is 2.01. The topological polar surface area (TPSA) is 46.5 Å². The van der Waals surface area contributed by atoms with Gasteiger partial charge >= 0.3 is 5.97 Å². The van der Waals surface area contributed by atoms with Crippen molar-refractivity contribution in [2.45, 2.75) is 44.9 Å². The zero-order valence-electron chi connectivity index (χ0n) is 11.2. The van der Waals surface area contributed by atoms with Crippen molar-refractivity contribution in [1.82, 2.24) is 0 Å². The minimum atomic E-state index is -0.755. The van der Waals surface area contributed by atoms with E-state index >= 15 is 0 Å². The summed E-state index contributed by atoms with van der Waals surface area (Å²) < 4.78 is 5.42. The van der Waals surface area contributed by atoms with Crippen LogP contribution in [-0.2, 0) is 24.1 Å². The molecule has 1 aromatic carbocycles. The molecule has 0 heterocycles. The number of benzene rings is 1. The van der Waals surface area contributed by atoms with E-state index in [0.717, 1.165) is 30.6 Å². The molecule has 0 fully saturated rings. The van der Waals surface area contributed by atoms with Crippen LogP contribution in [0.25, 0.3) is 0 Å². The first-order valence-electron chi connectivity index (χ1n) is 6.72. The van der Waals surface area contributed by atoms with Gasteiger partial charge in [0.15, 0.2) is 0 Å². The van der Waals surface area contributed by atoms with Gasteiger partial charge in [0.1, 0.15) is 5.75 Å². The maximum Gasteiger partial charge on any atom is 0.303 e. The Morgan fingerprint density at radius 1 is 1.42 bits per heavy atom. The van der Waals surface area contributed by atoms with Crippen LogP contribution in [0.4, 0.5) is 0 Å². The number of rotatable bonds is 5. The lowest BCUT2D eigenvalue weighted by atomic mass is 9.86. The molecule has 0 saturated heterocycles. The van der Waals surface area contributed by atoms with Gasteiger partial charge < -0.3 is 9.84 Å². The number of aryl methyl sites for hydroxylation is 1. The van der Waals surface area contributed by atoms with Crippen LogP contribution >= 0.6 is 11.6 Å². The van der Waals surface area contributed by atoms with Crippen molar-refractivity contribution < 1.29 is 14.6 Å². The molecule has 1 aliphatic rings.